The van der Waals surface area contributed by atoms with E-state index in [1.165, 1.54) is 6.20 Å². The van der Waals surface area contributed by atoms with Crippen molar-refractivity contribution in [2.24, 2.45) is 5.92 Å². The molecule has 1 fully saturated rings. The van der Waals surface area contributed by atoms with Crippen LogP contribution in [-0.2, 0) is 14.8 Å². The van der Waals surface area contributed by atoms with Gasteiger partial charge in [-0.2, -0.15) is 0 Å². The van der Waals surface area contributed by atoms with Crippen LogP contribution in [-0.4, -0.2) is 43.4 Å². The quantitative estimate of drug-likeness (QED) is 0.203. The Hall–Kier alpha value is -4.06. The Morgan fingerprint density at radius 3 is 2.49 bits per heavy atom. The van der Waals surface area contributed by atoms with E-state index >= 15 is 0 Å². The van der Waals surface area contributed by atoms with Crippen molar-refractivity contribution in [2.45, 2.75) is 56.0 Å². The zero-order valence-corrected chi connectivity index (χ0v) is 26.5. The summed E-state index contributed by atoms with van der Waals surface area (Å²) in [5.41, 5.74) is 2.56. The van der Waals surface area contributed by atoms with Gasteiger partial charge in [0.05, 0.1) is 22.5 Å². The monoisotopic (exact) mass is 647 g/mol. The first kappa shape index (κ1) is 30.9. The third kappa shape index (κ3) is 6.95. The zero-order valence-electron chi connectivity index (χ0n) is 24.9. The number of rotatable bonds is 11. The van der Waals surface area contributed by atoms with Crippen molar-refractivity contribution < 1.29 is 22.7 Å². The minimum absolute atomic E-state index is 0.101. The van der Waals surface area contributed by atoms with Crippen LogP contribution in [0.15, 0.2) is 72.0 Å². The molecule has 0 spiro atoms. The Kier molecular flexibility index (Phi) is 8.76. The van der Waals surface area contributed by atoms with Gasteiger partial charge in [0, 0.05) is 52.5 Å². The van der Waals surface area contributed by atoms with Crippen LogP contribution in [0.3, 0.4) is 0 Å². The van der Waals surface area contributed by atoms with Crippen LogP contribution in [0.1, 0.15) is 78.3 Å². The fourth-order valence-corrected chi connectivity index (χ4v) is 7.18. The highest BCUT2D eigenvalue weighted by Crippen LogP contribution is 2.47. The second-order valence-electron chi connectivity index (χ2n) is 11.9. The summed E-state index contributed by atoms with van der Waals surface area (Å²) in [4.78, 5) is 35.3. The van der Waals surface area contributed by atoms with Crippen LogP contribution in [0, 0.1) is 5.92 Å². The number of aromatic nitrogens is 2. The third-order valence-electron chi connectivity index (χ3n) is 7.99. The van der Waals surface area contributed by atoms with E-state index in [1.54, 1.807) is 54.9 Å². The highest BCUT2D eigenvalue weighted by atomic mass is 35.5. The maximum atomic E-state index is 13.8. The number of amides is 2. The number of fused-ring (bicyclic) bond motifs is 3. The number of nitrogens with one attached hydrogen (secondary N) is 3. The molecule has 0 bridgehead atoms. The average molecular weight is 648 g/mol. The Bertz CT molecular complexity index is 1850. The van der Waals surface area contributed by atoms with E-state index in [0.717, 1.165) is 24.1 Å². The number of hydrogen-bond donors (Lipinski definition) is 3. The van der Waals surface area contributed by atoms with Crippen LogP contribution < -0.4 is 20.1 Å². The Morgan fingerprint density at radius 1 is 1.02 bits per heavy atom. The normalized spacial score (nSPS) is 17.7. The molecule has 12 heteroatoms. The van der Waals surface area contributed by atoms with Gasteiger partial charge >= 0.3 is 0 Å². The number of ether oxygens (including phenoxy) is 1. The van der Waals surface area contributed by atoms with Crippen LogP contribution in [0.2, 0.25) is 5.02 Å². The van der Waals surface area contributed by atoms with E-state index in [-0.39, 0.29) is 29.9 Å². The van der Waals surface area contributed by atoms with Gasteiger partial charge in [0.25, 0.3) is 11.8 Å². The molecular weight excluding hydrogens is 614 g/mol. The molecule has 0 aliphatic heterocycles. The number of pyridine rings is 2. The van der Waals surface area contributed by atoms with Crippen LogP contribution in [0.25, 0.3) is 10.8 Å². The van der Waals surface area contributed by atoms with E-state index in [2.05, 4.69) is 20.3 Å². The van der Waals surface area contributed by atoms with Gasteiger partial charge in [-0.3, -0.25) is 19.6 Å². The van der Waals surface area contributed by atoms with E-state index in [4.69, 9.17) is 21.3 Å². The molecule has 6 rings (SSSR count). The predicted octanol–water partition coefficient (Wildman–Crippen LogP) is 5.21. The van der Waals surface area contributed by atoms with Crippen molar-refractivity contribution in [2.75, 3.05) is 13.2 Å². The molecule has 2 aliphatic rings. The van der Waals surface area contributed by atoms with Crippen LogP contribution in [0.4, 0.5) is 0 Å². The van der Waals surface area contributed by atoms with E-state index in [9.17, 15) is 18.0 Å². The molecular formula is C33H34ClN5O5S. The van der Waals surface area contributed by atoms with Crippen molar-refractivity contribution in [1.82, 2.24) is 25.3 Å². The number of benzene rings is 2. The Morgan fingerprint density at radius 2 is 1.80 bits per heavy atom. The van der Waals surface area contributed by atoms with Crippen LogP contribution >= 0.6 is 11.6 Å². The molecule has 2 aromatic heterocycles. The fraction of sp³-hybridized carbons (Fsp3) is 0.333. The molecule has 1 saturated carbocycles. The minimum Gasteiger partial charge on any atom is -0.484 e. The number of nitrogens with zero attached hydrogens (tertiary/aromatic N) is 2. The summed E-state index contributed by atoms with van der Waals surface area (Å²) in [7, 11) is -3.93. The molecule has 2 atom stereocenters. The zero-order chi connectivity index (χ0) is 31.7. The fourth-order valence-electron chi connectivity index (χ4n) is 5.60. The number of sulfonamides is 1. The second kappa shape index (κ2) is 12.7. The highest BCUT2D eigenvalue weighted by Gasteiger charge is 2.38. The molecule has 45 heavy (non-hydrogen) atoms. The van der Waals surface area contributed by atoms with E-state index < -0.39 is 28.0 Å². The lowest BCUT2D eigenvalue weighted by atomic mass is 9.98. The highest BCUT2D eigenvalue weighted by molar-refractivity contribution is 7.89. The summed E-state index contributed by atoms with van der Waals surface area (Å²) < 4.78 is 36.0. The Balaban J connectivity index is 1.39. The molecule has 2 heterocycles. The number of carbonyl (C=O) groups excluding carboxylic acids is 2. The molecule has 0 radical (unpaired) electrons. The van der Waals surface area contributed by atoms with Gasteiger partial charge in [-0.25, -0.2) is 13.1 Å². The minimum atomic E-state index is -3.93. The Labute approximate surface area is 267 Å². The van der Waals surface area contributed by atoms with Crippen molar-refractivity contribution in [3.63, 3.8) is 0 Å². The summed E-state index contributed by atoms with van der Waals surface area (Å²) >= 11 is 5.95. The molecule has 0 saturated heterocycles. The van der Waals surface area contributed by atoms with Crippen LogP contribution in [0.5, 0.6) is 5.75 Å². The summed E-state index contributed by atoms with van der Waals surface area (Å²) in [5, 5.41) is 7.80. The second-order valence-corrected chi connectivity index (χ2v) is 14.1. The van der Waals surface area contributed by atoms with E-state index in [1.807, 2.05) is 19.9 Å². The molecule has 2 aliphatic carbocycles. The molecule has 234 valence electrons. The average Bonchev–Trinajstić information content (AvgIpc) is 3.83. The van der Waals surface area contributed by atoms with Gasteiger partial charge in [0.15, 0.2) is 6.61 Å². The number of halogens is 1. The van der Waals surface area contributed by atoms with Gasteiger partial charge in [-0.05, 0) is 84.8 Å². The standard InChI is InChI=1S/C33H34ClN5O5S/c1-19(2)15-37-45(42,43)30-13-25-28(38-31(40)18-44-23-9-7-22(34)8-10-23)14-29(39-33(41)21-4-3-11-35-16-21)32(25)26-17-36-27(12-24(26)30)20-5-6-20/h3-4,7-13,16-17,19-20,28-29,37H,5-6,14-15,18H2,1-2H3,(H,38,40)(H,39,41)/t28-,29+/m1/s1. The van der Waals surface area contributed by atoms with E-state index in [0.29, 0.717) is 45.0 Å². The topological polar surface area (TPSA) is 139 Å². The maximum Gasteiger partial charge on any atom is 0.258 e. The number of hydrogen-bond acceptors (Lipinski definition) is 7. The van der Waals surface area contributed by atoms with Crippen molar-refractivity contribution >= 4 is 44.2 Å². The smallest absolute Gasteiger partial charge is 0.258 e. The summed E-state index contributed by atoms with van der Waals surface area (Å²) in [6, 6.07) is 12.4. The first-order valence-electron chi connectivity index (χ1n) is 14.9. The largest absolute Gasteiger partial charge is 0.484 e. The summed E-state index contributed by atoms with van der Waals surface area (Å²) in [6.45, 7) is 3.88. The third-order valence-corrected chi connectivity index (χ3v) is 9.70. The lowest BCUT2D eigenvalue weighted by Crippen LogP contribution is -2.33. The van der Waals surface area contributed by atoms with Gasteiger partial charge < -0.3 is 15.4 Å². The lowest BCUT2D eigenvalue weighted by molar-refractivity contribution is -0.123. The molecule has 3 N–H and O–H groups in total. The van der Waals surface area contributed by atoms with Crippen molar-refractivity contribution in [1.29, 1.82) is 0 Å². The molecule has 2 amide bonds. The van der Waals surface area contributed by atoms with Gasteiger partial charge in [-0.1, -0.05) is 25.4 Å². The van der Waals surface area contributed by atoms with Gasteiger partial charge in [-0.15, -0.1) is 0 Å². The first-order valence-corrected chi connectivity index (χ1v) is 16.8. The molecule has 0 unspecified atom stereocenters. The summed E-state index contributed by atoms with van der Waals surface area (Å²) in [5.74, 6) is 0.156. The van der Waals surface area contributed by atoms with Gasteiger partial charge in [0.2, 0.25) is 10.0 Å². The molecule has 10 nitrogen and oxygen atoms in total. The first-order chi connectivity index (χ1) is 21.6. The predicted molar refractivity (Wildman–Crippen MR) is 171 cm³/mol. The van der Waals surface area contributed by atoms with Gasteiger partial charge in [0.1, 0.15) is 5.75 Å². The van der Waals surface area contributed by atoms with Crippen molar-refractivity contribution in [3.8, 4) is 5.75 Å². The molecule has 2 aromatic carbocycles. The molecule has 4 aromatic rings. The summed E-state index contributed by atoms with van der Waals surface area (Å²) in [6.07, 6.45) is 7.10. The van der Waals surface area contributed by atoms with Crippen molar-refractivity contribution in [3.05, 3.63) is 94.5 Å². The lowest BCUT2D eigenvalue weighted by Gasteiger charge is -2.19. The maximum absolute atomic E-state index is 13.8. The SMILES string of the molecule is CC(C)CNS(=O)(=O)c1cc2c(c3cnc(C4CC4)cc13)[C@@H](NC(=O)c1cccnc1)C[C@H]2NC(=O)COc1ccc(Cl)cc1. The number of carbonyl (C=O) groups is 2.